The van der Waals surface area contributed by atoms with Gasteiger partial charge in [-0.3, -0.25) is 9.78 Å². The van der Waals surface area contributed by atoms with Gasteiger partial charge in [0.2, 0.25) is 5.91 Å². The second kappa shape index (κ2) is 9.34. The quantitative estimate of drug-likeness (QED) is 0.611. The van der Waals surface area contributed by atoms with Crippen LogP contribution in [0.25, 0.3) is 0 Å². The number of rotatable bonds is 8. The van der Waals surface area contributed by atoms with E-state index >= 15 is 0 Å². The van der Waals surface area contributed by atoms with Crippen LogP contribution in [-0.4, -0.2) is 24.0 Å². The third-order valence-electron chi connectivity index (χ3n) is 3.72. The topological polar surface area (TPSA) is 63.2 Å². The van der Waals surface area contributed by atoms with Gasteiger partial charge in [0.05, 0.1) is 6.54 Å². The maximum Gasteiger partial charge on any atom is 0.238 e. The summed E-state index contributed by atoms with van der Waals surface area (Å²) in [7, 11) is 0. The fourth-order valence-corrected chi connectivity index (χ4v) is 2.42. The van der Waals surface area contributed by atoms with Crippen molar-refractivity contribution in [2.45, 2.75) is 6.42 Å². The van der Waals surface area contributed by atoms with E-state index < -0.39 is 0 Å². The number of hydrogen-bond acceptors (Lipinski definition) is 4. The molecule has 0 spiro atoms. The van der Waals surface area contributed by atoms with Crippen LogP contribution in [-0.2, 0) is 11.2 Å². The molecular weight excluding hydrogens is 326 g/mol. The second-order valence-electron chi connectivity index (χ2n) is 5.78. The number of para-hydroxylation sites is 1. The molecule has 132 valence electrons. The van der Waals surface area contributed by atoms with Crippen LogP contribution in [0.3, 0.4) is 0 Å². The first-order valence-corrected chi connectivity index (χ1v) is 8.52. The van der Waals surface area contributed by atoms with E-state index in [1.54, 1.807) is 6.20 Å². The normalized spacial score (nSPS) is 10.3. The van der Waals surface area contributed by atoms with E-state index in [2.05, 4.69) is 15.6 Å². The number of benzene rings is 2. The summed E-state index contributed by atoms with van der Waals surface area (Å²) in [5, 5.41) is 6.00. The molecule has 0 fully saturated rings. The fraction of sp³-hybridized carbons (Fsp3) is 0.143. The van der Waals surface area contributed by atoms with Crippen LogP contribution in [0, 0.1) is 0 Å². The zero-order valence-electron chi connectivity index (χ0n) is 14.4. The van der Waals surface area contributed by atoms with Crippen molar-refractivity contribution >= 4 is 11.6 Å². The lowest BCUT2D eigenvalue weighted by Crippen LogP contribution is -2.29. The number of nitrogens with one attached hydrogen (secondary N) is 2. The molecule has 26 heavy (non-hydrogen) atoms. The summed E-state index contributed by atoms with van der Waals surface area (Å²) in [6.45, 7) is 0.992. The molecule has 3 aromatic rings. The molecule has 0 unspecified atom stereocenters. The Morgan fingerprint density at radius 1 is 0.923 bits per heavy atom. The summed E-state index contributed by atoms with van der Waals surface area (Å²) in [5.41, 5.74) is 1.89. The number of nitrogens with zero attached hydrogens (tertiary/aromatic N) is 1. The molecule has 0 atom stereocenters. The molecule has 1 aromatic heterocycles. The monoisotopic (exact) mass is 347 g/mol. The number of amides is 1. The first-order valence-electron chi connectivity index (χ1n) is 8.52. The summed E-state index contributed by atoms with van der Waals surface area (Å²) < 4.78 is 5.73. The number of carbonyl (C=O) groups is 1. The van der Waals surface area contributed by atoms with Gasteiger partial charge in [-0.25, -0.2) is 0 Å². The molecule has 3 rings (SSSR count). The minimum absolute atomic E-state index is 0.0760. The van der Waals surface area contributed by atoms with Crippen LogP contribution in [0.2, 0.25) is 0 Å². The number of pyridine rings is 1. The van der Waals surface area contributed by atoms with Crippen molar-refractivity contribution in [3.63, 3.8) is 0 Å². The van der Waals surface area contributed by atoms with Crippen molar-refractivity contribution in [2.75, 3.05) is 18.4 Å². The Kier molecular flexibility index (Phi) is 6.34. The molecular formula is C21H21N3O2. The minimum Gasteiger partial charge on any atom is -0.457 e. The van der Waals surface area contributed by atoms with Crippen molar-refractivity contribution in [2.24, 2.45) is 0 Å². The van der Waals surface area contributed by atoms with Crippen molar-refractivity contribution in [1.82, 2.24) is 10.3 Å². The van der Waals surface area contributed by atoms with Gasteiger partial charge in [0.25, 0.3) is 0 Å². The number of ether oxygens (including phenoxy) is 1. The molecule has 0 aliphatic carbocycles. The van der Waals surface area contributed by atoms with Crippen LogP contribution in [0.1, 0.15) is 5.56 Å². The van der Waals surface area contributed by atoms with E-state index in [1.807, 2.05) is 72.9 Å². The van der Waals surface area contributed by atoms with E-state index in [9.17, 15) is 4.79 Å². The summed E-state index contributed by atoms with van der Waals surface area (Å²) >= 11 is 0. The largest absolute Gasteiger partial charge is 0.457 e. The third-order valence-corrected chi connectivity index (χ3v) is 3.72. The lowest BCUT2D eigenvalue weighted by molar-refractivity contribution is -0.115. The standard InChI is InChI=1S/C21H21N3O2/c25-21(16-23-14-12-17-5-4-13-22-15-17)24-18-8-10-20(11-9-18)26-19-6-2-1-3-7-19/h1-11,13,15,23H,12,14,16H2,(H,24,25). The lowest BCUT2D eigenvalue weighted by atomic mass is 10.2. The molecule has 1 heterocycles. The summed E-state index contributed by atoms with van der Waals surface area (Å²) in [6.07, 6.45) is 4.42. The van der Waals surface area contributed by atoms with Gasteiger partial charge in [-0.1, -0.05) is 24.3 Å². The molecule has 5 heteroatoms. The molecule has 2 aromatic carbocycles. The second-order valence-corrected chi connectivity index (χ2v) is 5.78. The van der Waals surface area contributed by atoms with Gasteiger partial charge in [-0.15, -0.1) is 0 Å². The number of hydrogen-bond donors (Lipinski definition) is 2. The number of aromatic nitrogens is 1. The van der Waals surface area contributed by atoms with Crippen LogP contribution in [0.5, 0.6) is 11.5 Å². The molecule has 1 amide bonds. The number of anilines is 1. The van der Waals surface area contributed by atoms with E-state index in [1.165, 1.54) is 0 Å². The van der Waals surface area contributed by atoms with Gasteiger partial charge in [-0.05, 0) is 61.0 Å². The Morgan fingerprint density at radius 2 is 1.69 bits per heavy atom. The summed E-state index contributed by atoms with van der Waals surface area (Å²) in [4.78, 5) is 16.1. The van der Waals surface area contributed by atoms with Gasteiger partial charge in [0, 0.05) is 18.1 Å². The average Bonchev–Trinajstić information content (AvgIpc) is 2.68. The first kappa shape index (κ1) is 17.6. The highest BCUT2D eigenvalue weighted by atomic mass is 16.5. The molecule has 0 saturated carbocycles. The third kappa shape index (κ3) is 5.72. The van der Waals surface area contributed by atoms with Crippen LogP contribution in [0.15, 0.2) is 79.1 Å². The Bertz CT molecular complexity index is 806. The fourth-order valence-electron chi connectivity index (χ4n) is 2.42. The predicted octanol–water partition coefficient (Wildman–Crippen LogP) is 3.64. The highest BCUT2D eigenvalue weighted by molar-refractivity contribution is 5.92. The molecule has 5 nitrogen and oxygen atoms in total. The highest BCUT2D eigenvalue weighted by Gasteiger charge is 2.03. The van der Waals surface area contributed by atoms with E-state index in [-0.39, 0.29) is 12.5 Å². The lowest BCUT2D eigenvalue weighted by Gasteiger charge is -2.09. The van der Waals surface area contributed by atoms with Gasteiger partial charge in [-0.2, -0.15) is 0 Å². The van der Waals surface area contributed by atoms with Gasteiger partial charge < -0.3 is 15.4 Å². The smallest absolute Gasteiger partial charge is 0.238 e. The highest BCUT2D eigenvalue weighted by Crippen LogP contribution is 2.22. The van der Waals surface area contributed by atoms with Crippen LogP contribution < -0.4 is 15.4 Å². The Morgan fingerprint density at radius 3 is 2.42 bits per heavy atom. The maximum atomic E-state index is 12.0. The zero-order valence-corrected chi connectivity index (χ0v) is 14.4. The van der Waals surface area contributed by atoms with Gasteiger partial charge in [0.15, 0.2) is 0 Å². The molecule has 0 aliphatic heterocycles. The molecule has 2 N–H and O–H groups in total. The molecule has 0 bridgehead atoms. The molecule has 0 radical (unpaired) electrons. The Labute approximate surface area is 153 Å². The van der Waals surface area contributed by atoms with Gasteiger partial charge >= 0.3 is 0 Å². The number of carbonyl (C=O) groups excluding carboxylic acids is 1. The van der Waals surface area contributed by atoms with Crippen molar-refractivity contribution in [3.8, 4) is 11.5 Å². The van der Waals surface area contributed by atoms with Crippen molar-refractivity contribution in [3.05, 3.63) is 84.7 Å². The minimum atomic E-state index is -0.0760. The van der Waals surface area contributed by atoms with E-state index in [4.69, 9.17) is 4.74 Å². The SMILES string of the molecule is O=C(CNCCc1cccnc1)Nc1ccc(Oc2ccccc2)cc1. The van der Waals surface area contributed by atoms with Crippen LogP contribution >= 0.6 is 0 Å². The predicted molar refractivity (Wildman–Crippen MR) is 102 cm³/mol. The Hall–Kier alpha value is -3.18. The summed E-state index contributed by atoms with van der Waals surface area (Å²) in [6, 6.07) is 20.8. The molecule has 0 saturated heterocycles. The van der Waals surface area contributed by atoms with E-state index in [0.717, 1.165) is 35.7 Å². The van der Waals surface area contributed by atoms with E-state index in [0.29, 0.717) is 0 Å². The van der Waals surface area contributed by atoms with Gasteiger partial charge in [0.1, 0.15) is 11.5 Å². The maximum absolute atomic E-state index is 12.0. The average molecular weight is 347 g/mol. The Balaban J connectivity index is 1.40. The zero-order chi connectivity index (χ0) is 18.0. The van der Waals surface area contributed by atoms with Crippen LogP contribution in [0.4, 0.5) is 5.69 Å². The first-order chi connectivity index (χ1) is 12.8. The summed E-state index contributed by atoms with van der Waals surface area (Å²) in [5.74, 6) is 1.43. The van der Waals surface area contributed by atoms with Crippen molar-refractivity contribution < 1.29 is 9.53 Å². The van der Waals surface area contributed by atoms with Crippen molar-refractivity contribution in [1.29, 1.82) is 0 Å². The molecule has 0 aliphatic rings.